The van der Waals surface area contributed by atoms with Crippen LogP contribution in [-0.4, -0.2) is 25.0 Å². The van der Waals surface area contributed by atoms with Gasteiger partial charge in [-0.3, -0.25) is 0 Å². The summed E-state index contributed by atoms with van der Waals surface area (Å²) in [5.74, 6) is 1.88. The Balaban J connectivity index is 2.34. The van der Waals surface area contributed by atoms with Gasteiger partial charge in [0, 0.05) is 0 Å². The third-order valence-corrected chi connectivity index (χ3v) is 2.94. The molecule has 1 heteroatoms. The molecule has 0 aromatic rings. The summed E-state index contributed by atoms with van der Waals surface area (Å²) in [6.07, 6.45) is 4.26. The fraction of sp³-hybridized carbons (Fsp3) is 1.00. The average Bonchev–Trinajstić information content (AvgIpc) is 2.13. The maximum absolute atomic E-state index is 2.46. The molecule has 0 N–H and O–H groups in total. The second kappa shape index (κ2) is 4.10. The molecule has 0 aliphatic carbocycles. The van der Waals surface area contributed by atoms with E-state index in [0.717, 1.165) is 11.8 Å². The largest absolute Gasteiger partial charge is 0.306 e. The summed E-state index contributed by atoms with van der Waals surface area (Å²) >= 11 is 0. The number of likely N-dealkylation sites (tertiary alicyclic amines) is 1. The van der Waals surface area contributed by atoms with Gasteiger partial charge in [-0.1, -0.05) is 13.8 Å². The van der Waals surface area contributed by atoms with E-state index >= 15 is 0 Å². The van der Waals surface area contributed by atoms with Crippen molar-refractivity contribution in [1.82, 2.24) is 4.90 Å². The molecule has 1 aliphatic heterocycles. The topological polar surface area (TPSA) is 3.24 Å². The molecule has 1 nitrogen and oxygen atoms in total. The van der Waals surface area contributed by atoms with Gasteiger partial charge in [0.05, 0.1) is 0 Å². The Morgan fingerprint density at radius 1 is 1.18 bits per heavy atom. The Morgan fingerprint density at radius 2 is 1.91 bits per heavy atom. The zero-order chi connectivity index (χ0) is 8.27. The number of nitrogens with zero attached hydrogens (tertiary/aromatic N) is 1. The predicted octanol–water partition coefficient (Wildman–Crippen LogP) is 2.37. The normalized spacial score (nSPS) is 28.9. The van der Waals surface area contributed by atoms with Crippen molar-refractivity contribution in [2.45, 2.75) is 33.1 Å². The summed E-state index contributed by atoms with van der Waals surface area (Å²) in [6.45, 7) is 7.33. The third kappa shape index (κ3) is 2.82. The number of rotatable bonds is 1. The van der Waals surface area contributed by atoms with E-state index in [0.29, 0.717) is 0 Å². The van der Waals surface area contributed by atoms with Crippen molar-refractivity contribution in [2.24, 2.45) is 11.8 Å². The fourth-order valence-electron chi connectivity index (χ4n) is 1.93. The first-order valence-corrected chi connectivity index (χ1v) is 4.88. The third-order valence-electron chi connectivity index (χ3n) is 2.94. The van der Waals surface area contributed by atoms with Crippen LogP contribution in [0, 0.1) is 11.8 Å². The molecule has 0 unspecified atom stereocenters. The second-order valence-electron chi connectivity index (χ2n) is 4.24. The first-order valence-electron chi connectivity index (χ1n) is 4.88. The molecule has 0 saturated carbocycles. The molecule has 1 saturated heterocycles. The lowest BCUT2D eigenvalue weighted by atomic mass is 9.89. The number of hydrogen-bond donors (Lipinski definition) is 0. The SMILES string of the molecule is CC(C)[C@@H]1CCCN(C)CC1. The lowest BCUT2D eigenvalue weighted by Gasteiger charge is -2.18. The molecular formula is C10H21N. The van der Waals surface area contributed by atoms with Crippen LogP contribution in [0.2, 0.25) is 0 Å². The molecule has 66 valence electrons. The van der Waals surface area contributed by atoms with Crippen molar-refractivity contribution >= 4 is 0 Å². The Hall–Kier alpha value is -0.0400. The van der Waals surface area contributed by atoms with Gasteiger partial charge in [-0.2, -0.15) is 0 Å². The Bertz CT molecular complexity index is 109. The smallest absolute Gasteiger partial charge is 0.00190 e. The molecule has 11 heavy (non-hydrogen) atoms. The summed E-state index contributed by atoms with van der Waals surface area (Å²) in [5.41, 5.74) is 0. The zero-order valence-corrected chi connectivity index (χ0v) is 8.14. The second-order valence-corrected chi connectivity index (χ2v) is 4.24. The van der Waals surface area contributed by atoms with Gasteiger partial charge < -0.3 is 4.90 Å². The summed E-state index contributed by atoms with van der Waals surface area (Å²) in [4.78, 5) is 2.46. The van der Waals surface area contributed by atoms with E-state index in [-0.39, 0.29) is 0 Å². The van der Waals surface area contributed by atoms with Gasteiger partial charge in [0.15, 0.2) is 0 Å². The van der Waals surface area contributed by atoms with E-state index in [1.165, 1.54) is 32.4 Å². The molecule has 0 spiro atoms. The molecule has 0 aromatic carbocycles. The molecule has 0 radical (unpaired) electrons. The molecule has 0 bridgehead atoms. The molecule has 1 fully saturated rings. The lowest BCUT2D eigenvalue weighted by Crippen LogP contribution is -2.19. The van der Waals surface area contributed by atoms with E-state index in [9.17, 15) is 0 Å². The maximum Gasteiger partial charge on any atom is -0.00190 e. The van der Waals surface area contributed by atoms with Crippen molar-refractivity contribution in [3.05, 3.63) is 0 Å². The Morgan fingerprint density at radius 3 is 2.55 bits per heavy atom. The minimum Gasteiger partial charge on any atom is -0.306 e. The average molecular weight is 155 g/mol. The standard InChI is InChI=1S/C10H21N/c1-9(2)10-5-4-7-11(3)8-6-10/h9-10H,4-8H2,1-3H3/t10-/m1/s1. The molecule has 1 atom stereocenters. The number of hydrogen-bond acceptors (Lipinski definition) is 1. The van der Waals surface area contributed by atoms with Crippen molar-refractivity contribution in [2.75, 3.05) is 20.1 Å². The monoisotopic (exact) mass is 155 g/mol. The highest BCUT2D eigenvalue weighted by molar-refractivity contribution is 4.69. The van der Waals surface area contributed by atoms with E-state index in [1.54, 1.807) is 0 Å². The van der Waals surface area contributed by atoms with Gasteiger partial charge in [0.1, 0.15) is 0 Å². The first-order chi connectivity index (χ1) is 5.20. The van der Waals surface area contributed by atoms with Gasteiger partial charge in [-0.25, -0.2) is 0 Å². The predicted molar refractivity (Wildman–Crippen MR) is 49.7 cm³/mol. The van der Waals surface area contributed by atoms with Crippen LogP contribution in [0.25, 0.3) is 0 Å². The summed E-state index contributed by atoms with van der Waals surface area (Å²) in [7, 11) is 2.24. The van der Waals surface area contributed by atoms with Crippen LogP contribution in [0.4, 0.5) is 0 Å². The van der Waals surface area contributed by atoms with Crippen molar-refractivity contribution in [3.8, 4) is 0 Å². The van der Waals surface area contributed by atoms with Gasteiger partial charge >= 0.3 is 0 Å². The van der Waals surface area contributed by atoms with Crippen molar-refractivity contribution < 1.29 is 0 Å². The van der Waals surface area contributed by atoms with Gasteiger partial charge in [0.25, 0.3) is 0 Å². The van der Waals surface area contributed by atoms with Gasteiger partial charge in [-0.15, -0.1) is 0 Å². The zero-order valence-electron chi connectivity index (χ0n) is 8.14. The van der Waals surface area contributed by atoms with Crippen LogP contribution >= 0.6 is 0 Å². The Labute approximate surface area is 70.8 Å². The molecule has 1 rings (SSSR count). The summed E-state index contributed by atoms with van der Waals surface area (Å²) < 4.78 is 0. The fourth-order valence-corrected chi connectivity index (χ4v) is 1.93. The highest BCUT2D eigenvalue weighted by Crippen LogP contribution is 2.23. The molecule has 0 amide bonds. The van der Waals surface area contributed by atoms with Crippen molar-refractivity contribution in [1.29, 1.82) is 0 Å². The van der Waals surface area contributed by atoms with Crippen LogP contribution in [0.5, 0.6) is 0 Å². The quantitative estimate of drug-likeness (QED) is 0.562. The highest BCUT2D eigenvalue weighted by Gasteiger charge is 2.16. The van der Waals surface area contributed by atoms with Crippen molar-refractivity contribution in [3.63, 3.8) is 0 Å². The van der Waals surface area contributed by atoms with Crippen LogP contribution in [0.15, 0.2) is 0 Å². The lowest BCUT2D eigenvalue weighted by molar-refractivity contribution is 0.316. The molecular weight excluding hydrogens is 134 g/mol. The first kappa shape index (κ1) is 9.05. The Kier molecular flexibility index (Phi) is 3.38. The summed E-state index contributed by atoms with van der Waals surface area (Å²) in [6, 6.07) is 0. The highest BCUT2D eigenvalue weighted by atomic mass is 15.1. The summed E-state index contributed by atoms with van der Waals surface area (Å²) in [5, 5.41) is 0. The molecule has 0 aromatic heterocycles. The van der Waals surface area contributed by atoms with Gasteiger partial charge in [0.2, 0.25) is 0 Å². The maximum atomic E-state index is 2.46. The van der Waals surface area contributed by atoms with E-state index in [4.69, 9.17) is 0 Å². The van der Waals surface area contributed by atoms with Crippen LogP contribution in [-0.2, 0) is 0 Å². The van der Waals surface area contributed by atoms with E-state index in [1.807, 2.05) is 0 Å². The van der Waals surface area contributed by atoms with Crippen LogP contribution in [0.1, 0.15) is 33.1 Å². The van der Waals surface area contributed by atoms with Crippen LogP contribution in [0.3, 0.4) is 0 Å². The van der Waals surface area contributed by atoms with Crippen LogP contribution < -0.4 is 0 Å². The van der Waals surface area contributed by atoms with Gasteiger partial charge in [-0.05, 0) is 51.2 Å². The van der Waals surface area contributed by atoms with E-state index in [2.05, 4.69) is 25.8 Å². The van der Waals surface area contributed by atoms with E-state index < -0.39 is 0 Å². The molecule has 1 aliphatic rings. The minimum atomic E-state index is 0.890. The molecule has 1 heterocycles. The minimum absolute atomic E-state index is 0.890.